The van der Waals surface area contributed by atoms with Gasteiger partial charge in [0.2, 0.25) is 0 Å². The lowest BCUT2D eigenvalue weighted by Gasteiger charge is -2.28. The lowest BCUT2D eigenvalue weighted by atomic mass is 10.1. The van der Waals surface area contributed by atoms with Crippen molar-refractivity contribution in [3.05, 3.63) is 58.9 Å². The summed E-state index contributed by atoms with van der Waals surface area (Å²) in [5.41, 5.74) is 8.86. The molecule has 2 aromatic rings. The third kappa shape index (κ3) is 3.11. The van der Waals surface area contributed by atoms with E-state index in [0.717, 1.165) is 22.0 Å². The zero-order chi connectivity index (χ0) is 14.7. The summed E-state index contributed by atoms with van der Waals surface area (Å²) in [6, 6.07) is 12.0. The number of hydrogen-bond acceptors (Lipinski definition) is 3. The molecule has 0 spiro atoms. The number of nitrogens with two attached hydrogens (primary N) is 1. The maximum absolute atomic E-state index is 6.26. The van der Waals surface area contributed by atoms with Crippen molar-refractivity contribution in [1.29, 1.82) is 0 Å². The summed E-state index contributed by atoms with van der Waals surface area (Å²) in [5, 5.41) is 0.784. The van der Waals surface area contributed by atoms with E-state index in [9.17, 15) is 0 Å². The molecule has 0 aliphatic rings. The number of pyridine rings is 1. The van der Waals surface area contributed by atoms with Crippen molar-refractivity contribution in [2.24, 2.45) is 5.73 Å². The van der Waals surface area contributed by atoms with Crippen molar-refractivity contribution >= 4 is 17.3 Å². The highest BCUT2D eigenvalue weighted by atomic mass is 35.5. The molecule has 0 aliphatic heterocycles. The fourth-order valence-corrected chi connectivity index (χ4v) is 2.42. The van der Waals surface area contributed by atoms with Crippen LogP contribution in [0.4, 0.5) is 5.69 Å². The van der Waals surface area contributed by atoms with E-state index in [1.165, 1.54) is 0 Å². The minimum absolute atomic E-state index is 0.0460. The van der Waals surface area contributed by atoms with E-state index in [1.807, 2.05) is 56.6 Å². The van der Waals surface area contributed by atoms with Crippen LogP contribution >= 0.6 is 11.6 Å². The molecule has 4 heteroatoms. The van der Waals surface area contributed by atoms with Gasteiger partial charge in [-0.05, 0) is 37.6 Å². The molecule has 1 unspecified atom stereocenters. The SMILES string of the molecule is CC(c1ccccc1Cl)N(C)c1ccc([C@@H](C)N)nc1. The maximum Gasteiger partial charge on any atom is 0.0569 e. The Kier molecular flexibility index (Phi) is 4.63. The molecule has 2 atom stereocenters. The van der Waals surface area contributed by atoms with Crippen LogP contribution in [0, 0.1) is 0 Å². The number of aromatic nitrogens is 1. The zero-order valence-corrected chi connectivity index (χ0v) is 12.8. The first-order valence-corrected chi connectivity index (χ1v) is 7.07. The molecule has 1 aromatic heterocycles. The largest absolute Gasteiger partial charge is 0.367 e. The first-order chi connectivity index (χ1) is 9.50. The fourth-order valence-electron chi connectivity index (χ4n) is 2.12. The molecule has 1 heterocycles. The Morgan fingerprint density at radius 2 is 1.85 bits per heavy atom. The highest BCUT2D eigenvalue weighted by Gasteiger charge is 2.15. The Morgan fingerprint density at radius 1 is 1.15 bits per heavy atom. The Balaban J connectivity index is 2.22. The fraction of sp³-hybridized carbons (Fsp3) is 0.312. The van der Waals surface area contributed by atoms with Crippen LogP contribution in [0.1, 0.15) is 37.2 Å². The van der Waals surface area contributed by atoms with Crippen LogP contribution in [0.25, 0.3) is 0 Å². The van der Waals surface area contributed by atoms with Gasteiger partial charge in [-0.15, -0.1) is 0 Å². The first kappa shape index (κ1) is 14.8. The van der Waals surface area contributed by atoms with E-state index in [-0.39, 0.29) is 12.1 Å². The van der Waals surface area contributed by atoms with Gasteiger partial charge in [-0.1, -0.05) is 29.8 Å². The zero-order valence-electron chi connectivity index (χ0n) is 12.0. The van der Waals surface area contributed by atoms with Gasteiger partial charge in [-0.3, -0.25) is 4.98 Å². The molecule has 0 saturated carbocycles. The average Bonchev–Trinajstić information content (AvgIpc) is 2.46. The second kappa shape index (κ2) is 6.25. The monoisotopic (exact) mass is 289 g/mol. The predicted molar refractivity (Wildman–Crippen MR) is 85.1 cm³/mol. The van der Waals surface area contributed by atoms with Crippen LogP contribution < -0.4 is 10.6 Å². The summed E-state index contributed by atoms with van der Waals surface area (Å²) < 4.78 is 0. The van der Waals surface area contributed by atoms with Gasteiger partial charge in [0, 0.05) is 18.1 Å². The number of halogens is 1. The van der Waals surface area contributed by atoms with Gasteiger partial charge in [-0.2, -0.15) is 0 Å². The number of hydrogen-bond donors (Lipinski definition) is 1. The van der Waals surface area contributed by atoms with Crippen molar-refractivity contribution in [2.45, 2.75) is 25.9 Å². The molecule has 1 aromatic carbocycles. The summed E-state index contributed by atoms with van der Waals surface area (Å²) >= 11 is 6.26. The van der Waals surface area contributed by atoms with Gasteiger partial charge in [0.1, 0.15) is 0 Å². The van der Waals surface area contributed by atoms with E-state index in [1.54, 1.807) is 0 Å². The molecule has 0 fully saturated rings. The molecule has 2 rings (SSSR count). The second-order valence-corrected chi connectivity index (χ2v) is 5.45. The minimum atomic E-state index is -0.0460. The van der Waals surface area contributed by atoms with Gasteiger partial charge in [0.15, 0.2) is 0 Å². The van der Waals surface area contributed by atoms with Crippen LogP contribution in [0.5, 0.6) is 0 Å². The molecule has 106 valence electrons. The molecule has 0 radical (unpaired) electrons. The third-order valence-corrected chi connectivity index (χ3v) is 3.93. The lowest BCUT2D eigenvalue weighted by molar-refractivity contribution is 0.733. The van der Waals surface area contributed by atoms with E-state index >= 15 is 0 Å². The maximum atomic E-state index is 6.26. The second-order valence-electron chi connectivity index (χ2n) is 5.04. The Labute approximate surface area is 125 Å². The Morgan fingerprint density at radius 3 is 2.40 bits per heavy atom. The smallest absolute Gasteiger partial charge is 0.0569 e. The minimum Gasteiger partial charge on any atom is -0.367 e. The van der Waals surface area contributed by atoms with Gasteiger partial charge in [0.25, 0.3) is 0 Å². The van der Waals surface area contributed by atoms with Gasteiger partial charge >= 0.3 is 0 Å². The van der Waals surface area contributed by atoms with E-state index in [4.69, 9.17) is 17.3 Å². The Hall–Kier alpha value is -1.58. The van der Waals surface area contributed by atoms with Gasteiger partial charge < -0.3 is 10.6 Å². The molecule has 2 N–H and O–H groups in total. The summed E-state index contributed by atoms with van der Waals surface area (Å²) in [6.45, 7) is 4.05. The molecule has 20 heavy (non-hydrogen) atoms. The molecule has 0 bridgehead atoms. The molecule has 0 saturated heterocycles. The van der Waals surface area contributed by atoms with Crippen LogP contribution in [0.2, 0.25) is 5.02 Å². The number of rotatable bonds is 4. The number of nitrogens with zero attached hydrogens (tertiary/aromatic N) is 2. The number of anilines is 1. The highest BCUT2D eigenvalue weighted by molar-refractivity contribution is 6.31. The summed E-state index contributed by atoms with van der Waals surface area (Å²) in [5.74, 6) is 0. The van der Waals surface area contributed by atoms with Crippen LogP contribution in [-0.4, -0.2) is 12.0 Å². The molecular formula is C16H20ClN3. The summed E-state index contributed by atoms with van der Waals surface area (Å²) in [6.07, 6.45) is 1.85. The van der Waals surface area contributed by atoms with E-state index in [0.29, 0.717) is 0 Å². The van der Waals surface area contributed by atoms with Crippen LogP contribution in [-0.2, 0) is 0 Å². The normalized spacial score (nSPS) is 13.8. The van der Waals surface area contributed by atoms with Gasteiger partial charge in [-0.25, -0.2) is 0 Å². The number of benzene rings is 1. The van der Waals surface area contributed by atoms with Crippen molar-refractivity contribution in [1.82, 2.24) is 4.98 Å². The molecule has 0 amide bonds. The van der Waals surface area contributed by atoms with Crippen LogP contribution in [0.3, 0.4) is 0 Å². The summed E-state index contributed by atoms with van der Waals surface area (Å²) in [4.78, 5) is 6.55. The average molecular weight is 290 g/mol. The lowest BCUT2D eigenvalue weighted by Crippen LogP contribution is -2.22. The highest BCUT2D eigenvalue weighted by Crippen LogP contribution is 2.29. The third-order valence-electron chi connectivity index (χ3n) is 3.58. The van der Waals surface area contributed by atoms with E-state index < -0.39 is 0 Å². The van der Waals surface area contributed by atoms with Crippen molar-refractivity contribution in [3.63, 3.8) is 0 Å². The summed E-state index contributed by atoms with van der Waals surface area (Å²) in [7, 11) is 2.04. The molecule has 3 nitrogen and oxygen atoms in total. The Bertz CT molecular complexity index is 566. The standard InChI is InChI=1S/C16H20ClN3/c1-11(18)16-9-8-13(10-19-16)20(3)12(2)14-6-4-5-7-15(14)17/h4-12H,18H2,1-3H3/t11-,12?/m1/s1. The molecule has 0 aliphatic carbocycles. The predicted octanol–water partition coefficient (Wildman–Crippen LogP) is 3.95. The van der Waals surface area contributed by atoms with Crippen molar-refractivity contribution < 1.29 is 0 Å². The van der Waals surface area contributed by atoms with Crippen molar-refractivity contribution in [2.75, 3.05) is 11.9 Å². The van der Waals surface area contributed by atoms with Crippen molar-refractivity contribution in [3.8, 4) is 0 Å². The quantitative estimate of drug-likeness (QED) is 0.926. The topological polar surface area (TPSA) is 42.1 Å². The molecular weight excluding hydrogens is 270 g/mol. The van der Waals surface area contributed by atoms with E-state index in [2.05, 4.69) is 16.8 Å². The first-order valence-electron chi connectivity index (χ1n) is 6.69. The van der Waals surface area contributed by atoms with Crippen LogP contribution in [0.15, 0.2) is 42.6 Å². The van der Waals surface area contributed by atoms with Gasteiger partial charge in [0.05, 0.1) is 23.6 Å².